The lowest BCUT2D eigenvalue weighted by Gasteiger charge is -2.20. The van der Waals surface area contributed by atoms with Gasteiger partial charge in [0.05, 0.1) is 5.25 Å². The minimum atomic E-state index is -0.339. The van der Waals surface area contributed by atoms with Crippen molar-refractivity contribution in [2.24, 2.45) is 0 Å². The Bertz CT molecular complexity index is 950. The van der Waals surface area contributed by atoms with E-state index in [1.54, 1.807) is 0 Å². The summed E-state index contributed by atoms with van der Waals surface area (Å²) in [6.45, 7) is 10.6. The number of carbonyl (C=O) groups is 1. The molecule has 0 saturated heterocycles. The van der Waals surface area contributed by atoms with E-state index in [0.29, 0.717) is 17.7 Å². The maximum atomic E-state index is 12.4. The second kappa shape index (κ2) is 10.3. The molecule has 0 aliphatic carbocycles. The average Bonchev–Trinajstić information content (AvgIpc) is 3.23. The van der Waals surface area contributed by atoms with E-state index >= 15 is 0 Å². The number of anilines is 1. The average molecular weight is 425 g/mol. The first kappa shape index (κ1) is 21.9. The van der Waals surface area contributed by atoms with Crippen molar-refractivity contribution in [3.05, 3.63) is 59.7 Å². The molecule has 0 aliphatic heterocycles. The molecule has 6 nitrogen and oxygen atoms in total. The van der Waals surface area contributed by atoms with E-state index in [1.165, 1.54) is 17.3 Å². The van der Waals surface area contributed by atoms with Gasteiger partial charge >= 0.3 is 0 Å². The number of benzene rings is 2. The molecule has 0 saturated carbocycles. The lowest BCUT2D eigenvalue weighted by Crippen LogP contribution is -2.30. The predicted octanol–water partition coefficient (Wildman–Crippen LogP) is 4.69. The Morgan fingerprint density at radius 2 is 1.73 bits per heavy atom. The summed E-state index contributed by atoms with van der Waals surface area (Å²) in [7, 11) is 0. The van der Waals surface area contributed by atoms with Crippen LogP contribution in [0.1, 0.15) is 31.9 Å². The van der Waals surface area contributed by atoms with Crippen molar-refractivity contribution in [3.63, 3.8) is 0 Å². The number of aromatic nitrogens is 2. The minimum absolute atomic E-state index is 0.0658. The van der Waals surface area contributed by atoms with E-state index in [0.717, 1.165) is 29.9 Å². The van der Waals surface area contributed by atoms with Gasteiger partial charge in [-0.05, 0) is 57.5 Å². The van der Waals surface area contributed by atoms with Crippen molar-refractivity contribution >= 4 is 23.4 Å². The van der Waals surface area contributed by atoms with Crippen LogP contribution in [0.5, 0.6) is 0 Å². The Morgan fingerprint density at radius 3 is 2.37 bits per heavy atom. The Kier molecular flexibility index (Phi) is 7.52. The Morgan fingerprint density at radius 1 is 1.07 bits per heavy atom. The van der Waals surface area contributed by atoms with Gasteiger partial charge in [0.25, 0.3) is 5.22 Å². The lowest BCUT2D eigenvalue weighted by atomic mass is 10.1. The quantitative estimate of drug-likeness (QED) is 0.503. The zero-order valence-corrected chi connectivity index (χ0v) is 18.7. The normalized spacial score (nSPS) is 11.9. The molecule has 0 spiro atoms. The molecule has 0 radical (unpaired) electrons. The number of nitrogens with zero attached hydrogens (tertiary/aromatic N) is 3. The third kappa shape index (κ3) is 5.63. The molecule has 1 N–H and O–H groups in total. The van der Waals surface area contributed by atoms with Crippen molar-refractivity contribution in [3.8, 4) is 11.5 Å². The third-order valence-electron chi connectivity index (χ3n) is 4.88. The number of hydrogen-bond acceptors (Lipinski definition) is 6. The molecule has 2 aromatic carbocycles. The molecule has 0 fully saturated rings. The van der Waals surface area contributed by atoms with Crippen molar-refractivity contribution in [2.45, 2.75) is 44.7 Å². The molecule has 1 amide bonds. The Balaban J connectivity index is 1.56. The molecule has 1 unspecified atom stereocenters. The zero-order valence-electron chi connectivity index (χ0n) is 17.9. The molecule has 0 aliphatic rings. The van der Waals surface area contributed by atoms with Crippen LogP contribution in [-0.4, -0.2) is 34.4 Å². The fourth-order valence-electron chi connectivity index (χ4n) is 3.02. The summed E-state index contributed by atoms with van der Waals surface area (Å²) < 4.78 is 5.77. The second-order valence-corrected chi connectivity index (χ2v) is 8.35. The number of carbonyl (C=O) groups excluding carboxylic acids is 1. The summed E-state index contributed by atoms with van der Waals surface area (Å²) in [4.78, 5) is 14.7. The first-order valence-corrected chi connectivity index (χ1v) is 11.1. The van der Waals surface area contributed by atoms with Crippen LogP contribution in [0, 0.1) is 6.92 Å². The highest BCUT2D eigenvalue weighted by Gasteiger charge is 2.18. The van der Waals surface area contributed by atoms with Crippen LogP contribution in [0.4, 0.5) is 5.69 Å². The smallest absolute Gasteiger partial charge is 0.277 e. The Hall–Kier alpha value is -2.80. The fourth-order valence-corrected chi connectivity index (χ4v) is 3.73. The maximum absolute atomic E-state index is 12.4. The summed E-state index contributed by atoms with van der Waals surface area (Å²) in [6, 6.07) is 16.2. The SMILES string of the molecule is CCN(CC)c1ccc(-c2nnc(SC(C)C(=O)NCc3ccc(C)cc3)o2)cc1. The first-order chi connectivity index (χ1) is 14.5. The highest BCUT2D eigenvalue weighted by atomic mass is 32.2. The lowest BCUT2D eigenvalue weighted by molar-refractivity contribution is -0.120. The maximum Gasteiger partial charge on any atom is 0.277 e. The van der Waals surface area contributed by atoms with Gasteiger partial charge < -0.3 is 14.6 Å². The van der Waals surface area contributed by atoms with Gasteiger partial charge in [0.15, 0.2) is 0 Å². The van der Waals surface area contributed by atoms with Gasteiger partial charge in [-0.2, -0.15) is 0 Å². The van der Waals surface area contributed by atoms with Crippen LogP contribution in [0.2, 0.25) is 0 Å². The molecule has 1 heterocycles. The highest BCUT2D eigenvalue weighted by molar-refractivity contribution is 8.00. The number of hydrogen-bond donors (Lipinski definition) is 1. The van der Waals surface area contributed by atoms with Gasteiger partial charge in [-0.15, -0.1) is 10.2 Å². The van der Waals surface area contributed by atoms with Crippen molar-refractivity contribution in [1.82, 2.24) is 15.5 Å². The van der Waals surface area contributed by atoms with Gasteiger partial charge in [0.2, 0.25) is 11.8 Å². The standard InChI is InChI=1S/C23H28N4O2S/c1-5-27(6-2)20-13-11-19(12-14-20)22-25-26-23(29-22)30-17(4)21(28)24-15-18-9-7-16(3)8-10-18/h7-14,17H,5-6,15H2,1-4H3,(H,24,28). The topological polar surface area (TPSA) is 71.3 Å². The van der Waals surface area contributed by atoms with Crippen LogP contribution in [0.15, 0.2) is 58.2 Å². The molecular formula is C23H28N4O2S. The molecule has 7 heteroatoms. The summed E-state index contributed by atoms with van der Waals surface area (Å²) in [5.74, 6) is 0.389. The van der Waals surface area contributed by atoms with E-state index < -0.39 is 0 Å². The van der Waals surface area contributed by atoms with E-state index in [4.69, 9.17) is 4.42 Å². The highest BCUT2D eigenvalue weighted by Crippen LogP contribution is 2.27. The van der Waals surface area contributed by atoms with Crippen molar-refractivity contribution in [1.29, 1.82) is 0 Å². The zero-order chi connectivity index (χ0) is 21.5. The second-order valence-electron chi connectivity index (χ2n) is 7.06. The summed E-state index contributed by atoms with van der Waals surface area (Å²) in [5.41, 5.74) is 4.29. The Labute approximate surface area is 182 Å². The van der Waals surface area contributed by atoms with Crippen molar-refractivity contribution in [2.75, 3.05) is 18.0 Å². The van der Waals surface area contributed by atoms with Crippen LogP contribution in [0.25, 0.3) is 11.5 Å². The largest absolute Gasteiger partial charge is 0.411 e. The number of nitrogens with one attached hydrogen (secondary N) is 1. The van der Waals surface area contributed by atoms with Crippen LogP contribution in [0.3, 0.4) is 0 Å². The van der Waals surface area contributed by atoms with Gasteiger partial charge in [0, 0.05) is 30.9 Å². The molecule has 30 heavy (non-hydrogen) atoms. The number of amides is 1. The number of rotatable bonds is 9. The van der Waals surface area contributed by atoms with E-state index in [-0.39, 0.29) is 11.2 Å². The van der Waals surface area contributed by atoms with Crippen LogP contribution < -0.4 is 10.2 Å². The molecule has 158 valence electrons. The summed E-state index contributed by atoms with van der Waals surface area (Å²) >= 11 is 1.26. The minimum Gasteiger partial charge on any atom is -0.411 e. The molecular weight excluding hydrogens is 396 g/mol. The summed E-state index contributed by atoms with van der Waals surface area (Å²) in [5, 5.41) is 11.2. The van der Waals surface area contributed by atoms with E-state index in [2.05, 4.69) is 46.4 Å². The molecule has 1 atom stereocenters. The monoisotopic (exact) mass is 424 g/mol. The number of thioether (sulfide) groups is 1. The van der Waals surface area contributed by atoms with Gasteiger partial charge in [-0.1, -0.05) is 41.6 Å². The molecule has 1 aromatic heterocycles. The number of aryl methyl sites for hydroxylation is 1. The van der Waals surface area contributed by atoms with Gasteiger partial charge in [-0.3, -0.25) is 4.79 Å². The molecule has 3 aromatic rings. The van der Waals surface area contributed by atoms with Gasteiger partial charge in [0.1, 0.15) is 0 Å². The van der Waals surface area contributed by atoms with Gasteiger partial charge in [-0.25, -0.2) is 0 Å². The predicted molar refractivity (Wildman–Crippen MR) is 122 cm³/mol. The molecule has 0 bridgehead atoms. The summed E-state index contributed by atoms with van der Waals surface area (Å²) in [6.07, 6.45) is 0. The van der Waals surface area contributed by atoms with Crippen LogP contribution in [-0.2, 0) is 11.3 Å². The van der Waals surface area contributed by atoms with E-state index in [9.17, 15) is 4.79 Å². The van der Waals surface area contributed by atoms with E-state index in [1.807, 2.05) is 50.2 Å². The van der Waals surface area contributed by atoms with Crippen molar-refractivity contribution < 1.29 is 9.21 Å². The third-order valence-corrected chi connectivity index (χ3v) is 5.82. The first-order valence-electron chi connectivity index (χ1n) is 10.2. The fraction of sp³-hybridized carbons (Fsp3) is 0.348. The van der Waals surface area contributed by atoms with Crippen LogP contribution >= 0.6 is 11.8 Å². The molecule has 3 rings (SSSR count).